The Hall–Kier alpha value is -1.83. The minimum atomic E-state index is -1.30. The Morgan fingerprint density at radius 1 is 1.38 bits per heavy atom. The molecule has 0 aliphatic carbocycles. The molecule has 0 spiro atoms. The molecule has 0 saturated carbocycles. The molecule has 0 amide bonds. The first kappa shape index (κ1) is 11.2. The molecule has 0 radical (unpaired) electrons. The van der Waals surface area contributed by atoms with E-state index in [1.54, 1.807) is 0 Å². The van der Waals surface area contributed by atoms with E-state index in [1.165, 1.54) is 0 Å². The van der Waals surface area contributed by atoms with E-state index in [-0.39, 0.29) is 6.61 Å². The molecule has 0 N–H and O–H groups in total. The van der Waals surface area contributed by atoms with Gasteiger partial charge in [-0.05, 0) is 0 Å². The van der Waals surface area contributed by atoms with Gasteiger partial charge in [0.25, 0.3) is 0 Å². The van der Waals surface area contributed by atoms with Crippen LogP contribution in [0.3, 0.4) is 0 Å². The van der Waals surface area contributed by atoms with Crippen molar-refractivity contribution in [2.24, 2.45) is 0 Å². The standard InChI is InChI=1S/C8H7FO4/c1-3-4-12-7(10)8(11)13-5-6(2)9/h1H,2,4-5H2. The van der Waals surface area contributed by atoms with Gasteiger partial charge < -0.3 is 9.47 Å². The summed E-state index contributed by atoms with van der Waals surface area (Å²) in [5.41, 5.74) is 0. The van der Waals surface area contributed by atoms with Crippen LogP contribution in [-0.4, -0.2) is 25.2 Å². The quantitative estimate of drug-likeness (QED) is 0.358. The molecule has 5 heteroatoms. The number of hydrogen-bond acceptors (Lipinski definition) is 4. The van der Waals surface area contributed by atoms with Crippen LogP contribution in [0.4, 0.5) is 4.39 Å². The maximum atomic E-state index is 11.9. The molecule has 0 saturated heterocycles. The molecule has 0 rings (SSSR count). The lowest BCUT2D eigenvalue weighted by Gasteiger charge is -2.00. The average molecular weight is 186 g/mol. The molecule has 0 heterocycles. The van der Waals surface area contributed by atoms with Crippen molar-refractivity contribution < 1.29 is 23.5 Å². The topological polar surface area (TPSA) is 52.6 Å². The van der Waals surface area contributed by atoms with Crippen molar-refractivity contribution in [1.29, 1.82) is 0 Å². The van der Waals surface area contributed by atoms with Crippen LogP contribution >= 0.6 is 0 Å². The van der Waals surface area contributed by atoms with Gasteiger partial charge in [-0.1, -0.05) is 12.5 Å². The van der Waals surface area contributed by atoms with Crippen molar-refractivity contribution in [2.45, 2.75) is 0 Å². The van der Waals surface area contributed by atoms with E-state index in [1.807, 2.05) is 5.92 Å². The smallest absolute Gasteiger partial charge is 0.418 e. The number of terminal acetylenes is 1. The van der Waals surface area contributed by atoms with E-state index in [4.69, 9.17) is 6.42 Å². The van der Waals surface area contributed by atoms with E-state index in [0.29, 0.717) is 0 Å². The van der Waals surface area contributed by atoms with Crippen molar-refractivity contribution >= 4 is 11.9 Å². The summed E-state index contributed by atoms with van der Waals surface area (Å²) < 4.78 is 20.2. The molecule has 0 aliphatic heterocycles. The zero-order valence-corrected chi connectivity index (χ0v) is 6.71. The number of esters is 2. The molecule has 70 valence electrons. The second-order valence-electron chi connectivity index (χ2n) is 1.87. The van der Waals surface area contributed by atoms with Gasteiger partial charge in [-0.25, -0.2) is 14.0 Å². The summed E-state index contributed by atoms with van der Waals surface area (Å²) in [4.78, 5) is 21.2. The van der Waals surface area contributed by atoms with Crippen LogP contribution in [0.5, 0.6) is 0 Å². The molecular weight excluding hydrogens is 179 g/mol. The fraction of sp³-hybridized carbons (Fsp3) is 0.250. The van der Waals surface area contributed by atoms with E-state index in [9.17, 15) is 14.0 Å². The highest BCUT2D eigenvalue weighted by molar-refractivity contribution is 6.29. The molecular formula is C8H7FO4. The number of halogens is 1. The first-order chi connectivity index (χ1) is 6.07. The van der Waals surface area contributed by atoms with E-state index in [0.717, 1.165) is 0 Å². The fourth-order valence-electron chi connectivity index (χ4n) is 0.369. The van der Waals surface area contributed by atoms with Gasteiger partial charge in [0.1, 0.15) is 12.4 Å². The molecule has 0 aliphatic rings. The summed E-state index contributed by atoms with van der Waals surface area (Å²) in [5, 5.41) is 0. The third-order valence-electron chi connectivity index (χ3n) is 0.813. The summed E-state index contributed by atoms with van der Waals surface area (Å²) in [6.45, 7) is 1.83. The highest BCUT2D eigenvalue weighted by Gasteiger charge is 2.16. The van der Waals surface area contributed by atoms with Crippen LogP contribution in [0.25, 0.3) is 0 Å². The lowest BCUT2D eigenvalue weighted by molar-refractivity contribution is -0.166. The molecule has 0 aromatic carbocycles. The van der Waals surface area contributed by atoms with Crippen LogP contribution < -0.4 is 0 Å². The molecule has 0 unspecified atom stereocenters. The predicted molar refractivity (Wildman–Crippen MR) is 41.0 cm³/mol. The molecule has 0 fully saturated rings. The van der Waals surface area contributed by atoms with Gasteiger partial charge in [0, 0.05) is 0 Å². The second kappa shape index (κ2) is 5.77. The molecule has 0 aromatic heterocycles. The molecule has 0 bridgehead atoms. The summed E-state index contributed by atoms with van der Waals surface area (Å²) >= 11 is 0. The van der Waals surface area contributed by atoms with Gasteiger partial charge in [0.05, 0.1) is 0 Å². The maximum Gasteiger partial charge on any atom is 0.418 e. The van der Waals surface area contributed by atoms with Gasteiger partial charge in [0.15, 0.2) is 6.61 Å². The van der Waals surface area contributed by atoms with Crippen LogP contribution in [0, 0.1) is 12.3 Å². The molecule has 13 heavy (non-hydrogen) atoms. The molecule has 0 atom stereocenters. The largest absolute Gasteiger partial charge is 0.450 e. The van der Waals surface area contributed by atoms with Gasteiger partial charge >= 0.3 is 11.9 Å². The lowest BCUT2D eigenvalue weighted by atomic mass is 10.6. The number of rotatable bonds is 3. The Bertz CT molecular complexity index is 264. The van der Waals surface area contributed by atoms with Crippen LogP contribution in [0.1, 0.15) is 0 Å². The highest BCUT2D eigenvalue weighted by Crippen LogP contribution is 1.93. The van der Waals surface area contributed by atoms with E-state index >= 15 is 0 Å². The number of ether oxygens (including phenoxy) is 2. The number of carbonyl (C=O) groups excluding carboxylic acids is 2. The van der Waals surface area contributed by atoms with Crippen molar-refractivity contribution in [3.05, 3.63) is 12.4 Å². The highest BCUT2D eigenvalue weighted by atomic mass is 19.1. The van der Waals surface area contributed by atoms with Crippen molar-refractivity contribution in [3.8, 4) is 12.3 Å². The third kappa shape index (κ3) is 5.44. The Morgan fingerprint density at radius 3 is 2.38 bits per heavy atom. The summed E-state index contributed by atoms with van der Waals surface area (Å²) in [6.07, 6.45) is 4.75. The maximum absolute atomic E-state index is 11.9. The predicted octanol–water partition coefficient (Wildman–Crippen LogP) is 0.189. The van der Waals surface area contributed by atoms with Gasteiger partial charge in [0.2, 0.25) is 0 Å². The van der Waals surface area contributed by atoms with E-state index < -0.39 is 24.4 Å². The minimum Gasteiger partial charge on any atom is -0.450 e. The zero-order chi connectivity index (χ0) is 10.3. The molecule has 0 aromatic rings. The minimum absolute atomic E-state index is 0.329. The Kier molecular flexibility index (Phi) is 4.96. The second-order valence-corrected chi connectivity index (χ2v) is 1.87. The van der Waals surface area contributed by atoms with E-state index in [2.05, 4.69) is 16.1 Å². The fourth-order valence-corrected chi connectivity index (χ4v) is 0.369. The number of hydrogen-bond donors (Lipinski definition) is 0. The van der Waals surface area contributed by atoms with Crippen molar-refractivity contribution in [3.63, 3.8) is 0 Å². The SMILES string of the molecule is C#CCOC(=O)C(=O)OCC(=C)F. The Balaban J connectivity index is 3.78. The zero-order valence-electron chi connectivity index (χ0n) is 6.71. The van der Waals surface area contributed by atoms with Gasteiger partial charge in [-0.3, -0.25) is 0 Å². The van der Waals surface area contributed by atoms with Crippen LogP contribution in [0.2, 0.25) is 0 Å². The summed E-state index contributed by atoms with van der Waals surface area (Å²) in [5.74, 6) is -1.43. The van der Waals surface area contributed by atoms with Crippen LogP contribution in [-0.2, 0) is 19.1 Å². The lowest BCUT2D eigenvalue weighted by Crippen LogP contribution is -2.21. The van der Waals surface area contributed by atoms with Crippen molar-refractivity contribution in [2.75, 3.05) is 13.2 Å². The Labute approximate surface area is 74.3 Å². The Morgan fingerprint density at radius 2 is 1.92 bits per heavy atom. The van der Waals surface area contributed by atoms with Gasteiger partial charge in [-0.15, -0.1) is 6.42 Å². The third-order valence-corrected chi connectivity index (χ3v) is 0.813. The summed E-state index contributed by atoms with van der Waals surface area (Å²) in [6, 6.07) is 0. The summed E-state index contributed by atoms with van der Waals surface area (Å²) in [7, 11) is 0. The first-order valence-corrected chi connectivity index (χ1v) is 3.18. The normalized spacial score (nSPS) is 8.31. The van der Waals surface area contributed by atoms with Gasteiger partial charge in [-0.2, -0.15) is 0 Å². The monoisotopic (exact) mass is 186 g/mol. The average Bonchev–Trinajstić information content (AvgIpc) is 2.10. The molecule has 4 nitrogen and oxygen atoms in total. The number of carbonyl (C=O) groups is 2. The van der Waals surface area contributed by atoms with Crippen molar-refractivity contribution in [1.82, 2.24) is 0 Å². The first-order valence-electron chi connectivity index (χ1n) is 3.18. The van der Waals surface area contributed by atoms with Crippen LogP contribution in [0.15, 0.2) is 12.4 Å².